The average molecular weight is 486 g/mol. The van der Waals surface area contributed by atoms with Crippen molar-refractivity contribution in [1.29, 1.82) is 0 Å². The molecule has 0 radical (unpaired) electrons. The fourth-order valence-electron chi connectivity index (χ4n) is 5.37. The van der Waals surface area contributed by atoms with E-state index in [0.29, 0.717) is 11.1 Å². The molecule has 0 aliphatic carbocycles. The second kappa shape index (κ2) is 9.60. The highest BCUT2D eigenvalue weighted by Crippen LogP contribution is 2.42. The maximum atomic E-state index is 13.9. The number of methoxy groups -OCH3 is 2. The van der Waals surface area contributed by atoms with Crippen molar-refractivity contribution in [2.24, 2.45) is 7.05 Å². The van der Waals surface area contributed by atoms with Crippen LogP contribution in [0.3, 0.4) is 0 Å². The van der Waals surface area contributed by atoms with Gasteiger partial charge in [0.1, 0.15) is 11.5 Å². The Bertz CT molecular complexity index is 1410. The number of fused-ring (bicyclic) bond motifs is 2. The van der Waals surface area contributed by atoms with Crippen molar-refractivity contribution in [1.82, 2.24) is 24.6 Å². The van der Waals surface area contributed by atoms with Crippen LogP contribution in [0, 0.1) is 0 Å². The molecule has 2 atom stereocenters. The first-order valence-electron chi connectivity index (χ1n) is 12.3. The summed E-state index contributed by atoms with van der Waals surface area (Å²) in [4.78, 5) is 24.7. The van der Waals surface area contributed by atoms with Gasteiger partial charge in [-0.15, -0.1) is 0 Å². The van der Waals surface area contributed by atoms with Gasteiger partial charge in [0.05, 0.1) is 42.7 Å². The summed E-state index contributed by atoms with van der Waals surface area (Å²) in [6.07, 6.45) is 5.64. The SMILES string of the molecule is CCC1Cc2c(nn(C)c2-c2cc(OC)cc(OC)c2)C(CC)N1C(=O)c1ccc2nccnc2c1. The largest absolute Gasteiger partial charge is 0.497 e. The number of hydrogen-bond donors (Lipinski definition) is 0. The minimum absolute atomic E-state index is 0.00200. The van der Waals surface area contributed by atoms with Crippen LogP contribution in [-0.2, 0) is 13.5 Å². The van der Waals surface area contributed by atoms with Crippen LogP contribution < -0.4 is 9.47 Å². The van der Waals surface area contributed by atoms with Crippen LogP contribution in [0.4, 0.5) is 0 Å². The fraction of sp³-hybridized carbons (Fsp3) is 0.357. The number of rotatable bonds is 6. The molecule has 2 unspecified atom stereocenters. The molecular weight excluding hydrogens is 454 g/mol. The maximum Gasteiger partial charge on any atom is 0.254 e. The number of hydrogen-bond acceptors (Lipinski definition) is 6. The second-order valence-corrected chi connectivity index (χ2v) is 9.10. The Labute approximate surface area is 210 Å². The van der Waals surface area contributed by atoms with Crippen LogP contribution in [0.1, 0.15) is 54.3 Å². The second-order valence-electron chi connectivity index (χ2n) is 9.10. The number of benzene rings is 2. The van der Waals surface area contributed by atoms with Crippen LogP contribution in [0.2, 0.25) is 0 Å². The quantitative estimate of drug-likeness (QED) is 0.383. The summed E-state index contributed by atoms with van der Waals surface area (Å²) in [7, 11) is 5.26. The molecule has 1 amide bonds. The predicted octanol–water partition coefficient (Wildman–Crippen LogP) is 4.98. The molecule has 8 heteroatoms. The third-order valence-corrected chi connectivity index (χ3v) is 7.09. The van der Waals surface area contributed by atoms with Gasteiger partial charge < -0.3 is 14.4 Å². The maximum absolute atomic E-state index is 13.9. The number of carbonyl (C=O) groups excluding carboxylic acids is 1. The van der Waals surface area contributed by atoms with E-state index in [1.807, 2.05) is 53.0 Å². The Hall–Kier alpha value is -3.94. The lowest BCUT2D eigenvalue weighted by Crippen LogP contribution is -2.47. The summed E-state index contributed by atoms with van der Waals surface area (Å²) in [5, 5.41) is 4.95. The van der Waals surface area contributed by atoms with Gasteiger partial charge in [0.25, 0.3) is 5.91 Å². The molecule has 0 bridgehead atoms. The van der Waals surface area contributed by atoms with Crippen LogP contribution in [0.25, 0.3) is 22.3 Å². The first-order valence-corrected chi connectivity index (χ1v) is 12.3. The fourth-order valence-corrected chi connectivity index (χ4v) is 5.37. The normalized spacial score (nSPS) is 17.2. The molecule has 1 aliphatic rings. The van der Waals surface area contributed by atoms with Gasteiger partial charge in [-0.1, -0.05) is 13.8 Å². The monoisotopic (exact) mass is 485 g/mol. The standard InChI is InChI=1S/C28H31N5O3/c1-6-19-15-22-26(31-32(3)27(22)18-12-20(35-4)16-21(13-18)36-5)25(7-2)33(19)28(34)17-8-9-23-24(14-17)30-11-10-29-23/h8-14,16,19,25H,6-7,15H2,1-5H3. The average Bonchev–Trinajstić information content (AvgIpc) is 3.26. The van der Waals surface area contributed by atoms with Gasteiger partial charge in [0.15, 0.2) is 0 Å². The highest BCUT2D eigenvalue weighted by atomic mass is 16.5. The van der Waals surface area contributed by atoms with E-state index in [4.69, 9.17) is 14.6 Å². The summed E-state index contributed by atoms with van der Waals surface area (Å²) in [5.41, 5.74) is 6.27. The van der Waals surface area contributed by atoms with E-state index in [9.17, 15) is 4.79 Å². The van der Waals surface area contributed by atoms with E-state index < -0.39 is 0 Å². The van der Waals surface area contributed by atoms with Gasteiger partial charge >= 0.3 is 0 Å². The van der Waals surface area contributed by atoms with E-state index in [-0.39, 0.29) is 18.0 Å². The Morgan fingerprint density at radius 2 is 1.67 bits per heavy atom. The van der Waals surface area contributed by atoms with Crippen molar-refractivity contribution in [2.45, 2.75) is 45.2 Å². The summed E-state index contributed by atoms with van der Waals surface area (Å²) in [6, 6.07) is 11.4. The first-order chi connectivity index (χ1) is 17.5. The Morgan fingerprint density at radius 1 is 0.972 bits per heavy atom. The van der Waals surface area contributed by atoms with Crippen molar-refractivity contribution in [3.63, 3.8) is 0 Å². The summed E-state index contributed by atoms with van der Waals surface area (Å²) in [5.74, 6) is 1.46. The number of aromatic nitrogens is 4. The zero-order valence-electron chi connectivity index (χ0n) is 21.4. The molecule has 0 fully saturated rings. The van der Waals surface area contributed by atoms with E-state index in [0.717, 1.165) is 53.2 Å². The van der Waals surface area contributed by atoms with Gasteiger partial charge in [-0.25, -0.2) is 0 Å². The molecule has 3 heterocycles. The van der Waals surface area contributed by atoms with Gasteiger partial charge in [0.2, 0.25) is 0 Å². The molecule has 5 rings (SSSR count). The summed E-state index contributed by atoms with van der Waals surface area (Å²) >= 11 is 0. The van der Waals surface area contributed by atoms with Crippen LogP contribution in [-0.4, -0.2) is 50.8 Å². The topological polar surface area (TPSA) is 82.4 Å². The minimum Gasteiger partial charge on any atom is -0.497 e. The number of ether oxygens (including phenoxy) is 2. The first kappa shape index (κ1) is 23.8. The van der Waals surface area contributed by atoms with Crippen molar-refractivity contribution in [3.05, 3.63) is 65.6 Å². The molecule has 2 aromatic carbocycles. The molecule has 0 saturated heterocycles. The lowest BCUT2D eigenvalue weighted by atomic mass is 9.87. The molecule has 0 saturated carbocycles. The highest BCUT2D eigenvalue weighted by Gasteiger charge is 2.40. The molecular formula is C28H31N5O3. The zero-order valence-corrected chi connectivity index (χ0v) is 21.4. The smallest absolute Gasteiger partial charge is 0.254 e. The lowest BCUT2D eigenvalue weighted by molar-refractivity contribution is 0.0513. The lowest BCUT2D eigenvalue weighted by Gasteiger charge is -2.41. The number of amides is 1. The molecule has 1 aliphatic heterocycles. The van der Waals surface area contributed by atoms with Crippen LogP contribution >= 0.6 is 0 Å². The molecule has 36 heavy (non-hydrogen) atoms. The number of carbonyl (C=O) groups is 1. The van der Waals surface area contributed by atoms with Crippen LogP contribution in [0.5, 0.6) is 11.5 Å². The zero-order chi connectivity index (χ0) is 25.4. The highest BCUT2D eigenvalue weighted by molar-refractivity contribution is 5.98. The van der Waals surface area contributed by atoms with Gasteiger partial charge in [-0.3, -0.25) is 19.4 Å². The summed E-state index contributed by atoms with van der Waals surface area (Å²) in [6.45, 7) is 4.25. The van der Waals surface area contributed by atoms with E-state index in [1.54, 1.807) is 26.6 Å². The Morgan fingerprint density at radius 3 is 2.31 bits per heavy atom. The molecule has 0 N–H and O–H groups in total. The van der Waals surface area contributed by atoms with Gasteiger partial charge in [-0.05, 0) is 49.6 Å². The minimum atomic E-state index is -0.129. The number of nitrogens with zero attached hydrogens (tertiary/aromatic N) is 5. The van der Waals surface area contributed by atoms with E-state index >= 15 is 0 Å². The van der Waals surface area contributed by atoms with Crippen LogP contribution in [0.15, 0.2) is 48.8 Å². The van der Waals surface area contributed by atoms with Gasteiger partial charge in [0, 0.05) is 48.2 Å². The molecule has 8 nitrogen and oxygen atoms in total. The third kappa shape index (κ3) is 3.96. The van der Waals surface area contributed by atoms with Crippen molar-refractivity contribution < 1.29 is 14.3 Å². The van der Waals surface area contributed by atoms with Gasteiger partial charge in [-0.2, -0.15) is 5.10 Å². The molecule has 0 spiro atoms. The van der Waals surface area contributed by atoms with Crippen molar-refractivity contribution in [2.75, 3.05) is 14.2 Å². The molecule has 186 valence electrons. The van der Waals surface area contributed by atoms with E-state index in [2.05, 4.69) is 23.8 Å². The Balaban J connectivity index is 1.59. The van der Waals surface area contributed by atoms with Crippen molar-refractivity contribution in [3.8, 4) is 22.8 Å². The summed E-state index contributed by atoms with van der Waals surface area (Å²) < 4.78 is 13.0. The third-order valence-electron chi connectivity index (χ3n) is 7.09. The Kier molecular flexibility index (Phi) is 6.35. The molecule has 4 aromatic rings. The molecule has 2 aromatic heterocycles. The van der Waals surface area contributed by atoms with E-state index in [1.165, 1.54) is 5.56 Å². The predicted molar refractivity (Wildman–Crippen MR) is 138 cm³/mol. The number of aryl methyl sites for hydroxylation is 1. The van der Waals surface area contributed by atoms with Crippen molar-refractivity contribution >= 4 is 16.9 Å².